The first-order valence-corrected chi connectivity index (χ1v) is 11.4. The van der Waals surface area contributed by atoms with Crippen LogP contribution in [0.4, 0.5) is 5.69 Å². The molecule has 3 aromatic rings. The van der Waals surface area contributed by atoms with Gasteiger partial charge in [0.05, 0.1) is 35.1 Å². The first kappa shape index (κ1) is 22.4. The first-order valence-electron chi connectivity index (χ1n) is 10.4. The van der Waals surface area contributed by atoms with Gasteiger partial charge < -0.3 is 14.6 Å². The number of fused-ring (bicyclic) bond motifs is 1. The molecule has 2 atom stereocenters. The number of hydrogen-bond acceptors (Lipinski definition) is 4. The lowest BCUT2D eigenvalue weighted by molar-refractivity contribution is -0.116. The van der Waals surface area contributed by atoms with E-state index < -0.39 is 0 Å². The molecule has 5 nitrogen and oxygen atoms in total. The molecule has 0 spiro atoms. The van der Waals surface area contributed by atoms with Gasteiger partial charge in [0.1, 0.15) is 0 Å². The Morgan fingerprint density at radius 3 is 2.67 bits per heavy atom. The van der Waals surface area contributed by atoms with Crippen LogP contribution in [0.25, 0.3) is 11.0 Å². The van der Waals surface area contributed by atoms with Gasteiger partial charge in [-0.2, -0.15) is 0 Å². The minimum absolute atomic E-state index is 0.0591. The van der Waals surface area contributed by atoms with Crippen molar-refractivity contribution in [1.29, 1.82) is 0 Å². The number of aryl methyl sites for hydroxylation is 1. The van der Waals surface area contributed by atoms with E-state index >= 15 is 0 Å². The molecule has 0 unspecified atom stereocenters. The maximum Gasteiger partial charge on any atom is 0.237 e. The van der Waals surface area contributed by atoms with Crippen LogP contribution in [0.3, 0.4) is 0 Å². The summed E-state index contributed by atoms with van der Waals surface area (Å²) in [5.41, 5.74) is 5.23. The summed E-state index contributed by atoms with van der Waals surface area (Å²) in [5.74, 6) is 0.735. The molecular weight excluding hydrogens is 394 g/mol. The number of nitrogens with zero attached hydrogens (tertiary/aromatic N) is 2. The van der Waals surface area contributed by atoms with E-state index in [4.69, 9.17) is 4.74 Å². The van der Waals surface area contributed by atoms with Crippen molar-refractivity contribution in [2.24, 2.45) is 0 Å². The van der Waals surface area contributed by atoms with Crippen molar-refractivity contribution in [2.45, 2.75) is 51.2 Å². The van der Waals surface area contributed by atoms with Gasteiger partial charge in [-0.05, 0) is 49.4 Å². The number of para-hydroxylation sites is 3. The van der Waals surface area contributed by atoms with Gasteiger partial charge in [-0.25, -0.2) is 4.98 Å². The zero-order valence-electron chi connectivity index (χ0n) is 18.4. The van der Waals surface area contributed by atoms with E-state index in [1.807, 2.05) is 36.1 Å². The third-order valence-electron chi connectivity index (χ3n) is 5.47. The van der Waals surface area contributed by atoms with Crippen LogP contribution in [0.5, 0.6) is 0 Å². The molecule has 160 valence electrons. The number of imidazole rings is 1. The van der Waals surface area contributed by atoms with E-state index in [1.54, 1.807) is 7.11 Å². The average molecular weight is 426 g/mol. The van der Waals surface area contributed by atoms with Gasteiger partial charge in [0.2, 0.25) is 5.91 Å². The van der Waals surface area contributed by atoms with Crippen molar-refractivity contribution in [3.05, 3.63) is 53.6 Å². The van der Waals surface area contributed by atoms with Gasteiger partial charge >= 0.3 is 0 Å². The zero-order valence-corrected chi connectivity index (χ0v) is 19.3. The van der Waals surface area contributed by atoms with Crippen molar-refractivity contribution in [1.82, 2.24) is 9.97 Å². The molecule has 0 saturated heterocycles. The largest absolute Gasteiger partial charge is 0.383 e. The summed E-state index contributed by atoms with van der Waals surface area (Å²) < 4.78 is 5.41. The number of H-pyrrole nitrogens is 1. The summed E-state index contributed by atoms with van der Waals surface area (Å²) in [6.07, 6.45) is 1.02. The van der Waals surface area contributed by atoms with Crippen LogP contribution in [0.2, 0.25) is 0 Å². The number of aromatic amines is 1. The van der Waals surface area contributed by atoms with Gasteiger partial charge in [-0.1, -0.05) is 55.9 Å². The standard InChI is InChI=1S/C24H31N3O2S/c1-6-16(2)19-11-9-10-17(3)23(19)27(18(4)14-29-5)22(28)15-30-24-25-20-12-7-8-13-21(20)26-24/h7-13,16,18H,6,14-15H2,1-5H3,(H,25,26)/t16-,18-/m0/s1. The Morgan fingerprint density at radius 2 is 1.97 bits per heavy atom. The van der Waals surface area contributed by atoms with E-state index in [2.05, 4.69) is 48.9 Å². The number of anilines is 1. The number of hydrogen-bond donors (Lipinski definition) is 1. The Morgan fingerprint density at radius 1 is 1.20 bits per heavy atom. The predicted molar refractivity (Wildman–Crippen MR) is 126 cm³/mol. The Labute approximate surface area is 183 Å². The molecule has 1 amide bonds. The second kappa shape index (κ2) is 10.1. The number of thioether (sulfide) groups is 1. The van der Waals surface area contributed by atoms with E-state index in [1.165, 1.54) is 17.3 Å². The van der Waals surface area contributed by atoms with Gasteiger partial charge in [0.25, 0.3) is 0 Å². The van der Waals surface area contributed by atoms with Crippen molar-refractivity contribution in [3.8, 4) is 0 Å². The number of nitrogens with one attached hydrogen (secondary N) is 1. The summed E-state index contributed by atoms with van der Waals surface area (Å²) in [7, 11) is 1.68. The number of rotatable bonds is 9. The maximum atomic E-state index is 13.5. The monoisotopic (exact) mass is 425 g/mol. The molecule has 2 aromatic carbocycles. The van der Waals surface area contributed by atoms with Gasteiger partial charge in [0.15, 0.2) is 5.16 Å². The second-order valence-electron chi connectivity index (χ2n) is 7.74. The summed E-state index contributed by atoms with van der Waals surface area (Å²) in [4.78, 5) is 23.3. The Balaban J connectivity index is 1.89. The maximum absolute atomic E-state index is 13.5. The second-order valence-corrected chi connectivity index (χ2v) is 8.70. The smallest absolute Gasteiger partial charge is 0.237 e. The third kappa shape index (κ3) is 4.87. The van der Waals surface area contributed by atoms with Crippen LogP contribution in [-0.2, 0) is 9.53 Å². The zero-order chi connectivity index (χ0) is 21.7. The van der Waals surface area contributed by atoms with E-state index in [-0.39, 0.29) is 11.9 Å². The molecule has 0 aliphatic carbocycles. The fourth-order valence-corrected chi connectivity index (χ4v) is 4.48. The van der Waals surface area contributed by atoms with Crippen LogP contribution < -0.4 is 4.90 Å². The molecule has 3 rings (SSSR count). The highest BCUT2D eigenvalue weighted by molar-refractivity contribution is 7.99. The van der Waals surface area contributed by atoms with Crippen LogP contribution in [0.1, 0.15) is 44.2 Å². The summed E-state index contributed by atoms with van der Waals surface area (Å²) in [6, 6.07) is 14.1. The lowest BCUT2D eigenvalue weighted by Gasteiger charge is -2.33. The summed E-state index contributed by atoms with van der Waals surface area (Å²) in [6.45, 7) is 8.99. The number of carbonyl (C=O) groups is 1. The number of carbonyl (C=O) groups excluding carboxylic acids is 1. The van der Waals surface area contributed by atoms with Crippen molar-refractivity contribution >= 4 is 34.4 Å². The Hall–Kier alpha value is -2.31. The highest BCUT2D eigenvalue weighted by Gasteiger charge is 2.27. The molecule has 30 heavy (non-hydrogen) atoms. The lowest BCUT2D eigenvalue weighted by Crippen LogP contribution is -2.43. The highest BCUT2D eigenvalue weighted by atomic mass is 32.2. The Kier molecular flexibility index (Phi) is 7.56. The fourth-order valence-electron chi connectivity index (χ4n) is 3.73. The molecule has 1 heterocycles. The van der Waals surface area contributed by atoms with Crippen molar-refractivity contribution < 1.29 is 9.53 Å². The number of ether oxygens (including phenoxy) is 1. The van der Waals surface area contributed by atoms with Gasteiger partial charge in [-0.3, -0.25) is 4.79 Å². The van der Waals surface area contributed by atoms with Crippen LogP contribution >= 0.6 is 11.8 Å². The van der Waals surface area contributed by atoms with E-state index in [0.29, 0.717) is 18.3 Å². The SMILES string of the molecule is CC[C@H](C)c1cccc(C)c1N(C(=O)CSc1nc2ccccc2[nH]1)[C@@H](C)COC. The van der Waals surface area contributed by atoms with Gasteiger partial charge in [0, 0.05) is 7.11 Å². The quantitative estimate of drug-likeness (QED) is 0.457. The molecule has 0 saturated carbocycles. The lowest BCUT2D eigenvalue weighted by atomic mass is 9.93. The normalized spacial score (nSPS) is 13.4. The van der Waals surface area contributed by atoms with E-state index in [0.717, 1.165) is 33.9 Å². The van der Waals surface area contributed by atoms with E-state index in [9.17, 15) is 4.79 Å². The summed E-state index contributed by atoms with van der Waals surface area (Å²) in [5, 5.41) is 0.760. The van der Waals surface area contributed by atoms with Crippen molar-refractivity contribution in [2.75, 3.05) is 24.4 Å². The molecule has 0 aliphatic rings. The molecule has 1 N–H and O–H groups in total. The molecule has 0 fully saturated rings. The van der Waals surface area contributed by atoms with Crippen LogP contribution in [0.15, 0.2) is 47.6 Å². The molecule has 1 aromatic heterocycles. The predicted octanol–water partition coefficient (Wildman–Crippen LogP) is 5.55. The number of methoxy groups -OCH3 is 1. The van der Waals surface area contributed by atoms with Crippen LogP contribution in [0, 0.1) is 6.92 Å². The Bertz CT molecular complexity index is 968. The molecule has 0 radical (unpaired) electrons. The highest BCUT2D eigenvalue weighted by Crippen LogP contribution is 2.34. The minimum Gasteiger partial charge on any atom is -0.383 e. The molecule has 0 aliphatic heterocycles. The number of amides is 1. The summed E-state index contributed by atoms with van der Waals surface area (Å²) >= 11 is 1.44. The molecule has 0 bridgehead atoms. The average Bonchev–Trinajstić information content (AvgIpc) is 3.16. The third-order valence-corrected chi connectivity index (χ3v) is 6.33. The molecular formula is C24H31N3O2S. The van der Waals surface area contributed by atoms with Crippen molar-refractivity contribution in [3.63, 3.8) is 0 Å². The fraction of sp³-hybridized carbons (Fsp3) is 0.417. The number of aromatic nitrogens is 2. The number of benzene rings is 2. The minimum atomic E-state index is -0.0670. The topological polar surface area (TPSA) is 58.2 Å². The van der Waals surface area contributed by atoms with Crippen LogP contribution in [-0.4, -0.2) is 41.4 Å². The molecule has 6 heteroatoms. The first-order chi connectivity index (χ1) is 14.5. The van der Waals surface area contributed by atoms with Gasteiger partial charge in [-0.15, -0.1) is 0 Å².